The molecule has 3 nitrogen and oxygen atoms in total. The summed E-state index contributed by atoms with van der Waals surface area (Å²) in [5, 5.41) is 8.96. The summed E-state index contributed by atoms with van der Waals surface area (Å²) in [5.74, 6) is 0.831. The Balaban J connectivity index is 2.47. The van der Waals surface area contributed by atoms with Gasteiger partial charge in [-0.25, -0.2) is 0 Å². The molecule has 0 saturated carbocycles. The van der Waals surface area contributed by atoms with Gasteiger partial charge in [-0.15, -0.1) is 0 Å². The third-order valence-electron chi connectivity index (χ3n) is 2.50. The normalized spacial score (nSPS) is 12.4. The molecule has 0 bridgehead atoms. The zero-order chi connectivity index (χ0) is 11.8. The molecule has 1 aromatic carbocycles. The highest BCUT2D eigenvalue weighted by molar-refractivity contribution is 5.30. The second kappa shape index (κ2) is 7.25. The van der Waals surface area contributed by atoms with Crippen LogP contribution in [0.2, 0.25) is 0 Å². The van der Waals surface area contributed by atoms with Crippen LogP contribution in [-0.2, 0) is 0 Å². The highest BCUT2D eigenvalue weighted by Crippen LogP contribution is 2.17. The highest BCUT2D eigenvalue weighted by atomic mass is 16.5. The minimum Gasteiger partial charge on any atom is -0.494 e. The molecule has 0 fully saturated rings. The quantitative estimate of drug-likeness (QED) is 0.697. The van der Waals surface area contributed by atoms with Crippen LogP contribution in [0.15, 0.2) is 24.3 Å². The molecule has 0 aromatic heterocycles. The topological polar surface area (TPSA) is 55.5 Å². The fourth-order valence-electron chi connectivity index (χ4n) is 1.48. The number of nitrogens with two attached hydrogens (primary N) is 1. The van der Waals surface area contributed by atoms with Crippen LogP contribution in [0.4, 0.5) is 0 Å². The van der Waals surface area contributed by atoms with Gasteiger partial charge < -0.3 is 15.6 Å². The average Bonchev–Trinajstić information content (AvgIpc) is 2.34. The molecule has 3 N–H and O–H groups in total. The Hall–Kier alpha value is -1.06. The summed E-state index contributed by atoms with van der Waals surface area (Å²) in [6, 6.07) is 7.30. The molecule has 1 aromatic rings. The van der Waals surface area contributed by atoms with E-state index in [4.69, 9.17) is 15.6 Å². The van der Waals surface area contributed by atoms with Gasteiger partial charge in [-0.3, -0.25) is 0 Å². The molecule has 0 radical (unpaired) electrons. The van der Waals surface area contributed by atoms with Crippen LogP contribution in [0.25, 0.3) is 0 Å². The van der Waals surface area contributed by atoms with Gasteiger partial charge in [-0.2, -0.15) is 0 Å². The SMILES string of the molecule is CCCCCOc1cccc([C@H](N)CO)c1. The average molecular weight is 223 g/mol. The van der Waals surface area contributed by atoms with Gasteiger partial charge in [0.15, 0.2) is 0 Å². The first-order valence-corrected chi connectivity index (χ1v) is 5.87. The summed E-state index contributed by atoms with van der Waals surface area (Å²) in [6.45, 7) is 2.87. The lowest BCUT2D eigenvalue weighted by atomic mass is 10.1. The Labute approximate surface area is 97.2 Å². The highest BCUT2D eigenvalue weighted by Gasteiger charge is 2.04. The maximum atomic E-state index is 8.96. The van der Waals surface area contributed by atoms with Gasteiger partial charge in [0.05, 0.1) is 19.3 Å². The molecule has 0 spiro atoms. The predicted octanol–water partition coefficient (Wildman–Crippen LogP) is 2.25. The molecule has 90 valence electrons. The second-order valence-electron chi connectivity index (χ2n) is 3.92. The van der Waals surface area contributed by atoms with E-state index in [-0.39, 0.29) is 12.6 Å². The summed E-state index contributed by atoms with van der Waals surface area (Å²) in [5.41, 5.74) is 6.65. The van der Waals surface area contributed by atoms with Crippen LogP contribution in [0.1, 0.15) is 37.8 Å². The number of aliphatic hydroxyl groups excluding tert-OH is 1. The first-order valence-electron chi connectivity index (χ1n) is 5.87. The largest absolute Gasteiger partial charge is 0.494 e. The van der Waals surface area contributed by atoms with Crippen molar-refractivity contribution in [2.45, 2.75) is 32.2 Å². The van der Waals surface area contributed by atoms with E-state index in [1.165, 1.54) is 12.8 Å². The van der Waals surface area contributed by atoms with E-state index >= 15 is 0 Å². The van der Waals surface area contributed by atoms with Crippen LogP contribution < -0.4 is 10.5 Å². The number of unbranched alkanes of at least 4 members (excludes halogenated alkanes) is 2. The zero-order valence-electron chi connectivity index (χ0n) is 9.86. The van der Waals surface area contributed by atoms with Crippen molar-refractivity contribution in [3.63, 3.8) is 0 Å². The molecule has 3 heteroatoms. The van der Waals surface area contributed by atoms with E-state index in [0.717, 1.165) is 24.3 Å². The lowest BCUT2D eigenvalue weighted by Gasteiger charge is -2.11. The van der Waals surface area contributed by atoms with Gasteiger partial charge in [0, 0.05) is 0 Å². The fraction of sp³-hybridized carbons (Fsp3) is 0.538. The first-order chi connectivity index (χ1) is 7.77. The Kier molecular flexibility index (Phi) is 5.90. The maximum absolute atomic E-state index is 8.96. The maximum Gasteiger partial charge on any atom is 0.119 e. The predicted molar refractivity (Wildman–Crippen MR) is 65.5 cm³/mol. The fourth-order valence-corrected chi connectivity index (χ4v) is 1.48. The first kappa shape index (κ1) is 13.0. The zero-order valence-corrected chi connectivity index (χ0v) is 9.86. The van der Waals surface area contributed by atoms with E-state index in [2.05, 4.69) is 6.92 Å². The van der Waals surface area contributed by atoms with Crippen LogP contribution in [0.5, 0.6) is 5.75 Å². The monoisotopic (exact) mass is 223 g/mol. The molecule has 0 saturated heterocycles. The van der Waals surface area contributed by atoms with Crippen molar-refractivity contribution in [1.29, 1.82) is 0 Å². The molecule has 16 heavy (non-hydrogen) atoms. The summed E-state index contributed by atoms with van der Waals surface area (Å²) < 4.78 is 5.61. The van der Waals surface area contributed by atoms with E-state index in [1.807, 2.05) is 24.3 Å². The number of benzene rings is 1. The number of ether oxygens (including phenoxy) is 1. The van der Waals surface area contributed by atoms with Gasteiger partial charge in [0.1, 0.15) is 5.75 Å². The summed E-state index contributed by atoms with van der Waals surface area (Å²) >= 11 is 0. The van der Waals surface area contributed by atoms with Crippen molar-refractivity contribution >= 4 is 0 Å². The Bertz CT molecular complexity index is 302. The Morgan fingerprint density at radius 2 is 2.19 bits per heavy atom. The summed E-state index contributed by atoms with van der Waals surface area (Å²) in [4.78, 5) is 0. The molecular weight excluding hydrogens is 202 g/mol. The van der Waals surface area contributed by atoms with Crippen LogP contribution in [-0.4, -0.2) is 18.3 Å². The molecule has 1 rings (SSSR count). The third kappa shape index (κ3) is 4.21. The van der Waals surface area contributed by atoms with E-state index < -0.39 is 0 Å². The molecule has 1 atom stereocenters. The van der Waals surface area contributed by atoms with Crippen molar-refractivity contribution < 1.29 is 9.84 Å². The van der Waals surface area contributed by atoms with Gasteiger partial charge >= 0.3 is 0 Å². The van der Waals surface area contributed by atoms with Crippen LogP contribution in [0, 0.1) is 0 Å². The second-order valence-corrected chi connectivity index (χ2v) is 3.92. The van der Waals surface area contributed by atoms with Crippen LogP contribution >= 0.6 is 0 Å². The Morgan fingerprint density at radius 1 is 1.38 bits per heavy atom. The molecule has 0 aliphatic carbocycles. The van der Waals surface area contributed by atoms with Crippen molar-refractivity contribution in [1.82, 2.24) is 0 Å². The van der Waals surface area contributed by atoms with E-state index in [0.29, 0.717) is 0 Å². The lowest BCUT2D eigenvalue weighted by molar-refractivity contribution is 0.267. The summed E-state index contributed by atoms with van der Waals surface area (Å²) in [7, 11) is 0. The minimum absolute atomic E-state index is 0.0424. The molecule has 0 amide bonds. The van der Waals surface area contributed by atoms with E-state index in [9.17, 15) is 0 Å². The lowest BCUT2D eigenvalue weighted by Crippen LogP contribution is -2.14. The number of rotatable bonds is 7. The minimum atomic E-state index is -0.320. The van der Waals surface area contributed by atoms with Crippen molar-refractivity contribution in [2.75, 3.05) is 13.2 Å². The van der Waals surface area contributed by atoms with Crippen molar-refractivity contribution in [3.05, 3.63) is 29.8 Å². The number of aliphatic hydroxyl groups is 1. The van der Waals surface area contributed by atoms with Gasteiger partial charge in [-0.1, -0.05) is 31.9 Å². The van der Waals surface area contributed by atoms with Crippen molar-refractivity contribution in [3.8, 4) is 5.75 Å². The molecule has 0 aliphatic rings. The Morgan fingerprint density at radius 3 is 2.88 bits per heavy atom. The van der Waals surface area contributed by atoms with Gasteiger partial charge in [-0.05, 0) is 24.1 Å². The smallest absolute Gasteiger partial charge is 0.119 e. The standard InChI is InChI=1S/C13H21NO2/c1-2-3-4-8-16-12-7-5-6-11(9-12)13(14)10-15/h5-7,9,13,15H,2-4,8,10,14H2,1H3/t13-/m1/s1. The number of hydrogen-bond donors (Lipinski definition) is 2. The summed E-state index contributed by atoms with van der Waals surface area (Å²) in [6.07, 6.45) is 3.46. The van der Waals surface area contributed by atoms with E-state index in [1.54, 1.807) is 0 Å². The molecule has 0 aliphatic heterocycles. The number of hydrogen-bond acceptors (Lipinski definition) is 3. The molecule has 0 heterocycles. The van der Waals surface area contributed by atoms with Gasteiger partial charge in [0.25, 0.3) is 0 Å². The molecule has 0 unspecified atom stereocenters. The third-order valence-corrected chi connectivity index (χ3v) is 2.50. The van der Waals surface area contributed by atoms with Crippen molar-refractivity contribution in [2.24, 2.45) is 5.73 Å². The molecular formula is C13H21NO2. The van der Waals surface area contributed by atoms with Gasteiger partial charge in [0.2, 0.25) is 0 Å². The van der Waals surface area contributed by atoms with Crippen LogP contribution in [0.3, 0.4) is 0 Å².